The van der Waals surface area contributed by atoms with Crippen LogP contribution in [0.25, 0.3) is 60.5 Å². The molecule has 0 amide bonds. The summed E-state index contributed by atoms with van der Waals surface area (Å²) in [6.45, 7) is 0. The molecule has 0 N–H and O–H groups in total. The van der Waals surface area contributed by atoms with Gasteiger partial charge in [0, 0.05) is 33.4 Å². The summed E-state index contributed by atoms with van der Waals surface area (Å²) in [5.74, 6) is 0. The van der Waals surface area contributed by atoms with Crippen molar-refractivity contribution in [3.8, 4) is 27.9 Å². The van der Waals surface area contributed by atoms with E-state index in [0.29, 0.717) is 0 Å². The molecule has 11 aromatic rings. The number of hydrogen-bond donors (Lipinski definition) is 0. The van der Waals surface area contributed by atoms with Gasteiger partial charge in [0.15, 0.2) is 0 Å². The van der Waals surface area contributed by atoms with Gasteiger partial charge < -0.3 is 9.47 Å². The number of aromatic nitrogens is 1. The zero-order valence-electron chi connectivity index (χ0n) is 33.5. The van der Waals surface area contributed by atoms with Crippen molar-refractivity contribution in [1.29, 1.82) is 0 Å². The Morgan fingerprint density at radius 1 is 0.361 bits per heavy atom. The highest BCUT2D eigenvalue weighted by molar-refractivity contribution is 6.17. The average molecular weight is 777 g/mol. The van der Waals surface area contributed by atoms with Crippen molar-refractivity contribution in [3.05, 3.63) is 265 Å². The van der Waals surface area contributed by atoms with Crippen LogP contribution in [-0.2, 0) is 5.41 Å². The maximum Gasteiger partial charge on any atom is 0.0788 e. The Morgan fingerprint density at radius 3 is 1.67 bits per heavy atom. The highest BCUT2D eigenvalue weighted by Gasteiger charge is 2.46. The molecule has 286 valence electrons. The first-order valence-corrected chi connectivity index (χ1v) is 21.1. The summed E-state index contributed by atoms with van der Waals surface area (Å²) in [6, 6.07) is 89.3. The molecule has 61 heavy (non-hydrogen) atoms. The Bertz CT molecular complexity index is 3360. The van der Waals surface area contributed by atoms with E-state index in [1.54, 1.807) is 0 Å². The standard InChI is InChI=1S/C59H40N2/c1-5-20-42(21-6-1)49-37-38-53-52-30-16-18-32-56(52)61(46-27-11-4-12-28-46)58(53)57(49)60(47-34-33-41-19-13-14-22-43(41)39-47)48-35-36-51-50-29-15-17-31-54(50)59(55(51)40-48,44-23-7-2-8-24-44)45-25-9-3-10-26-45/h1-40H. The fourth-order valence-electron chi connectivity index (χ4n) is 10.3. The highest BCUT2D eigenvalue weighted by Crippen LogP contribution is 2.58. The first kappa shape index (κ1) is 35.0. The first-order chi connectivity index (χ1) is 30.3. The van der Waals surface area contributed by atoms with E-state index in [0.717, 1.165) is 39.4 Å². The zero-order valence-corrected chi connectivity index (χ0v) is 33.5. The lowest BCUT2D eigenvalue weighted by Crippen LogP contribution is -2.28. The van der Waals surface area contributed by atoms with E-state index in [2.05, 4.69) is 252 Å². The molecule has 0 unspecified atom stereocenters. The molecule has 1 heterocycles. The topological polar surface area (TPSA) is 8.17 Å². The molecule has 0 saturated carbocycles. The largest absolute Gasteiger partial charge is 0.308 e. The molecule has 0 spiro atoms. The van der Waals surface area contributed by atoms with Gasteiger partial charge in [-0.05, 0) is 92.2 Å². The van der Waals surface area contributed by atoms with Crippen molar-refractivity contribution in [3.63, 3.8) is 0 Å². The van der Waals surface area contributed by atoms with Crippen LogP contribution in [0.15, 0.2) is 243 Å². The quantitative estimate of drug-likeness (QED) is 0.156. The number of nitrogens with zero attached hydrogens (tertiary/aromatic N) is 2. The van der Waals surface area contributed by atoms with Crippen LogP contribution >= 0.6 is 0 Å². The molecule has 10 aromatic carbocycles. The first-order valence-electron chi connectivity index (χ1n) is 21.1. The maximum absolute atomic E-state index is 2.54. The monoisotopic (exact) mass is 776 g/mol. The fraction of sp³-hybridized carbons (Fsp3) is 0.0169. The van der Waals surface area contributed by atoms with Crippen LogP contribution in [0.5, 0.6) is 0 Å². The van der Waals surface area contributed by atoms with Crippen LogP contribution in [0.2, 0.25) is 0 Å². The van der Waals surface area contributed by atoms with Crippen molar-refractivity contribution in [2.24, 2.45) is 0 Å². The van der Waals surface area contributed by atoms with Crippen LogP contribution in [0.3, 0.4) is 0 Å². The number of hydrogen-bond acceptors (Lipinski definition) is 1. The second-order valence-corrected chi connectivity index (χ2v) is 16.0. The maximum atomic E-state index is 2.54. The SMILES string of the molecule is c1ccc(-c2ccc3c4ccccc4n(-c4ccccc4)c3c2N(c2ccc3c(c2)C(c2ccccc2)(c2ccccc2)c2ccccc2-3)c2ccc3ccccc3c2)cc1. The highest BCUT2D eigenvalue weighted by atomic mass is 15.2. The van der Waals surface area contributed by atoms with Crippen LogP contribution < -0.4 is 4.90 Å². The van der Waals surface area contributed by atoms with Crippen molar-refractivity contribution in [1.82, 2.24) is 4.57 Å². The Balaban J connectivity index is 1.25. The molecule has 0 aliphatic heterocycles. The Kier molecular flexibility index (Phi) is 8.11. The van der Waals surface area contributed by atoms with Crippen molar-refractivity contribution >= 4 is 49.6 Å². The van der Waals surface area contributed by atoms with Gasteiger partial charge >= 0.3 is 0 Å². The van der Waals surface area contributed by atoms with Gasteiger partial charge in [-0.1, -0.05) is 200 Å². The average Bonchev–Trinajstić information content (AvgIpc) is 3.83. The minimum Gasteiger partial charge on any atom is -0.308 e. The van der Waals surface area contributed by atoms with Gasteiger partial charge in [-0.25, -0.2) is 0 Å². The molecular formula is C59H40N2. The van der Waals surface area contributed by atoms with Crippen molar-refractivity contribution in [2.45, 2.75) is 5.41 Å². The lowest BCUT2D eigenvalue weighted by molar-refractivity contribution is 0.768. The van der Waals surface area contributed by atoms with Crippen LogP contribution in [0.1, 0.15) is 22.3 Å². The van der Waals surface area contributed by atoms with Gasteiger partial charge in [-0.15, -0.1) is 0 Å². The lowest BCUT2D eigenvalue weighted by Gasteiger charge is -2.35. The second kappa shape index (κ2) is 14.1. The van der Waals surface area contributed by atoms with E-state index in [9.17, 15) is 0 Å². The Morgan fingerprint density at radius 2 is 0.918 bits per heavy atom. The molecule has 1 aliphatic carbocycles. The number of para-hydroxylation sites is 2. The fourth-order valence-corrected chi connectivity index (χ4v) is 10.3. The lowest BCUT2D eigenvalue weighted by atomic mass is 9.67. The minimum absolute atomic E-state index is 0.549. The summed E-state index contributed by atoms with van der Waals surface area (Å²) in [4.78, 5) is 2.54. The van der Waals surface area contributed by atoms with Gasteiger partial charge in [0.25, 0.3) is 0 Å². The molecule has 0 saturated heterocycles. The Labute approximate surface area is 355 Å². The van der Waals surface area contributed by atoms with Gasteiger partial charge in [0.2, 0.25) is 0 Å². The van der Waals surface area contributed by atoms with E-state index in [1.807, 2.05) is 0 Å². The summed E-state index contributed by atoms with van der Waals surface area (Å²) >= 11 is 0. The van der Waals surface area contributed by atoms with E-state index >= 15 is 0 Å². The van der Waals surface area contributed by atoms with E-state index in [4.69, 9.17) is 0 Å². The molecule has 1 aliphatic rings. The zero-order chi connectivity index (χ0) is 40.3. The number of rotatable bonds is 7. The van der Waals surface area contributed by atoms with Crippen LogP contribution in [0.4, 0.5) is 17.1 Å². The molecule has 0 bridgehead atoms. The molecule has 1 aromatic heterocycles. The van der Waals surface area contributed by atoms with Crippen LogP contribution in [-0.4, -0.2) is 4.57 Å². The molecule has 2 heteroatoms. The molecular weight excluding hydrogens is 737 g/mol. The van der Waals surface area contributed by atoms with Gasteiger partial charge in [0.05, 0.1) is 22.1 Å². The smallest absolute Gasteiger partial charge is 0.0788 e. The summed E-state index contributed by atoms with van der Waals surface area (Å²) in [6.07, 6.45) is 0. The van der Waals surface area contributed by atoms with E-state index in [-0.39, 0.29) is 0 Å². The molecule has 12 rings (SSSR count). The van der Waals surface area contributed by atoms with Crippen LogP contribution in [0, 0.1) is 0 Å². The van der Waals surface area contributed by atoms with Gasteiger partial charge in [0.1, 0.15) is 0 Å². The Hall–Kier alpha value is -7.94. The second-order valence-electron chi connectivity index (χ2n) is 16.0. The summed E-state index contributed by atoms with van der Waals surface area (Å²) in [7, 11) is 0. The number of fused-ring (bicyclic) bond motifs is 7. The van der Waals surface area contributed by atoms with Gasteiger partial charge in [-0.2, -0.15) is 0 Å². The normalized spacial score (nSPS) is 12.7. The third-order valence-electron chi connectivity index (χ3n) is 12.8. The van der Waals surface area contributed by atoms with E-state index in [1.165, 1.54) is 60.4 Å². The molecule has 2 nitrogen and oxygen atoms in total. The third-order valence-corrected chi connectivity index (χ3v) is 12.8. The van der Waals surface area contributed by atoms with Gasteiger partial charge in [-0.3, -0.25) is 0 Å². The summed E-state index contributed by atoms with van der Waals surface area (Å²) in [5.41, 5.74) is 16.1. The van der Waals surface area contributed by atoms with Crippen molar-refractivity contribution in [2.75, 3.05) is 4.90 Å². The predicted octanol–water partition coefficient (Wildman–Crippen LogP) is 15.4. The number of anilines is 3. The summed E-state index contributed by atoms with van der Waals surface area (Å²) in [5, 5.41) is 4.83. The molecule has 0 radical (unpaired) electrons. The predicted molar refractivity (Wildman–Crippen MR) is 256 cm³/mol. The van der Waals surface area contributed by atoms with E-state index < -0.39 is 5.41 Å². The number of benzene rings is 10. The third kappa shape index (κ3) is 5.36. The molecule has 0 atom stereocenters. The summed E-state index contributed by atoms with van der Waals surface area (Å²) < 4.78 is 2.47. The minimum atomic E-state index is -0.549. The van der Waals surface area contributed by atoms with Crippen molar-refractivity contribution < 1.29 is 0 Å². The molecule has 0 fully saturated rings.